The van der Waals surface area contributed by atoms with Crippen LogP contribution in [-0.2, 0) is 4.74 Å². The highest BCUT2D eigenvalue weighted by Gasteiger charge is 2.42. The van der Waals surface area contributed by atoms with Crippen molar-refractivity contribution in [2.45, 2.75) is 25.3 Å². The summed E-state index contributed by atoms with van der Waals surface area (Å²) < 4.78 is 5.72. The van der Waals surface area contributed by atoms with Crippen LogP contribution in [0.2, 0.25) is 0 Å². The lowest BCUT2D eigenvalue weighted by Gasteiger charge is -2.50. The number of piperidine rings is 1. The molecule has 0 atom stereocenters. The molecule has 20 heavy (non-hydrogen) atoms. The maximum atomic E-state index is 12.4. The Morgan fingerprint density at radius 3 is 2.85 bits per heavy atom. The van der Waals surface area contributed by atoms with Crippen LogP contribution in [0.1, 0.15) is 29.4 Å². The Balaban J connectivity index is 1.65. The number of likely N-dealkylation sites (tertiary alicyclic amines) is 1. The van der Waals surface area contributed by atoms with Crippen molar-refractivity contribution in [2.75, 3.05) is 39.4 Å². The molecule has 2 aliphatic rings. The van der Waals surface area contributed by atoms with E-state index in [9.17, 15) is 4.79 Å². The molecule has 0 aliphatic carbocycles. The second-order valence-electron chi connectivity index (χ2n) is 5.63. The van der Waals surface area contributed by atoms with Gasteiger partial charge in [0.05, 0.1) is 18.1 Å². The Morgan fingerprint density at radius 1 is 1.40 bits per heavy atom. The van der Waals surface area contributed by atoms with E-state index in [4.69, 9.17) is 4.74 Å². The standard InChI is InChI=1S/C15H22N2O2S/c1-2-17-9-10-19-12-15(17)5-7-16(8-6-15)14(18)13-4-3-11-20-13/h3-4,11H,2,5-10,12H2,1H3. The van der Waals surface area contributed by atoms with Gasteiger partial charge in [0.15, 0.2) is 0 Å². The van der Waals surface area contributed by atoms with Gasteiger partial charge in [-0.2, -0.15) is 0 Å². The molecule has 2 fully saturated rings. The number of rotatable bonds is 2. The highest BCUT2D eigenvalue weighted by molar-refractivity contribution is 7.12. The van der Waals surface area contributed by atoms with Gasteiger partial charge < -0.3 is 9.64 Å². The first-order valence-corrected chi connectivity index (χ1v) is 8.29. The molecule has 0 bridgehead atoms. The summed E-state index contributed by atoms with van der Waals surface area (Å²) in [5, 5.41) is 1.96. The summed E-state index contributed by atoms with van der Waals surface area (Å²) in [7, 11) is 0. The van der Waals surface area contributed by atoms with Crippen LogP contribution < -0.4 is 0 Å². The molecule has 0 N–H and O–H groups in total. The number of thiophene rings is 1. The number of hydrogen-bond acceptors (Lipinski definition) is 4. The summed E-state index contributed by atoms with van der Waals surface area (Å²) in [5.41, 5.74) is 0.166. The van der Waals surface area contributed by atoms with Gasteiger partial charge in [0, 0.05) is 25.2 Å². The molecule has 1 aromatic heterocycles. The Morgan fingerprint density at radius 2 is 2.20 bits per heavy atom. The van der Waals surface area contributed by atoms with E-state index in [0.29, 0.717) is 0 Å². The normalized spacial score (nSPS) is 23.1. The van der Waals surface area contributed by atoms with Crippen LogP contribution in [0.5, 0.6) is 0 Å². The monoisotopic (exact) mass is 294 g/mol. The second kappa shape index (κ2) is 5.84. The number of amides is 1. The van der Waals surface area contributed by atoms with Crippen LogP contribution >= 0.6 is 11.3 Å². The molecule has 3 heterocycles. The molecule has 1 amide bonds. The Hall–Kier alpha value is -0.910. The van der Waals surface area contributed by atoms with E-state index in [-0.39, 0.29) is 11.4 Å². The van der Waals surface area contributed by atoms with Gasteiger partial charge in [-0.15, -0.1) is 11.3 Å². The fourth-order valence-electron chi connectivity index (χ4n) is 3.40. The Labute approximate surface area is 124 Å². The van der Waals surface area contributed by atoms with Gasteiger partial charge in [-0.3, -0.25) is 9.69 Å². The summed E-state index contributed by atoms with van der Waals surface area (Å²) >= 11 is 1.53. The van der Waals surface area contributed by atoms with Crippen LogP contribution in [-0.4, -0.2) is 60.6 Å². The largest absolute Gasteiger partial charge is 0.378 e. The molecule has 110 valence electrons. The van der Waals surface area contributed by atoms with Crippen molar-refractivity contribution in [1.82, 2.24) is 9.80 Å². The zero-order valence-electron chi connectivity index (χ0n) is 12.0. The molecular formula is C15H22N2O2S. The predicted molar refractivity (Wildman–Crippen MR) is 80.3 cm³/mol. The van der Waals surface area contributed by atoms with Crippen LogP contribution in [0.25, 0.3) is 0 Å². The average Bonchev–Trinajstić information content (AvgIpc) is 3.02. The first-order valence-electron chi connectivity index (χ1n) is 7.41. The van der Waals surface area contributed by atoms with Crippen molar-refractivity contribution in [1.29, 1.82) is 0 Å². The van der Waals surface area contributed by atoms with Gasteiger partial charge >= 0.3 is 0 Å². The molecule has 2 aliphatic heterocycles. The molecule has 0 aromatic carbocycles. The molecule has 0 unspecified atom stereocenters. The molecule has 3 rings (SSSR count). The van der Waals surface area contributed by atoms with E-state index in [1.165, 1.54) is 11.3 Å². The molecule has 1 aromatic rings. The van der Waals surface area contributed by atoms with E-state index in [2.05, 4.69) is 11.8 Å². The summed E-state index contributed by atoms with van der Waals surface area (Å²) in [6.45, 7) is 7.66. The number of carbonyl (C=O) groups excluding carboxylic acids is 1. The van der Waals surface area contributed by atoms with Gasteiger partial charge in [0.25, 0.3) is 5.91 Å². The Kier molecular flexibility index (Phi) is 4.10. The average molecular weight is 294 g/mol. The Bertz CT molecular complexity index is 452. The predicted octanol–water partition coefficient (Wildman–Crippen LogP) is 2.07. The van der Waals surface area contributed by atoms with E-state index in [1.807, 2.05) is 22.4 Å². The quantitative estimate of drug-likeness (QED) is 0.837. The molecule has 0 radical (unpaired) electrons. The number of morpholine rings is 1. The van der Waals surface area contributed by atoms with Gasteiger partial charge in [-0.25, -0.2) is 0 Å². The van der Waals surface area contributed by atoms with E-state index in [1.54, 1.807) is 0 Å². The van der Waals surface area contributed by atoms with Crippen molar-refractivity contribution in [2.24, 2.45) is 0 Å². The lowest BCUT2D eigenvalue weighted by molar-refractivity contribution is -0.0893. The SMILES string of the molecule is CCN1CCOCC12CCN(C(=O)c1cccs1)CC2. The minimum atomic E-state index is 0.166. The first kappa shape index (κ1) is 14.0. The van der Waals surface area contributed by atoms with Crippen LogP contribution in [0.4, 0.5) is 0 Å². The van der Waals surface area contributed by atoms with Crippen LogP contribution in [0, 0.1) is 0 Å². The summed E-state index contributed by atoms with van der Waals surface area (Å²) in [6.07, 6.45) is 2.05. The third kappa shape index (κ3) is 2.50. The van der Waals surface area contributed by atoms with Crippen molar-refractivity contribution < 1.29 is 9.53 Å². The van der Waals surface area contributed by atoms with Crippen molar-refractivity contribution in [3.63, 3.8) is 0 Å². The molecule has 2 saturated heterocycles. The van der Waals surface area contributed by atoms with Gasteiger partial charge in [0.1, 0.15) is 0 Å². The third-order valence-electron chi connectivity index (χ3n) is 4.64. The number of hydrogen-bond donors (Lipinski definition) is 0. The lowest BCUT2D eigenvalue weighted by atomic mass is 9.85. The van der Waals surface area contributed by atoms with Crippen LogP contribution in [0.3, 0.4) is 0 Å². The molecular weight excluding hydrogens is 272 g/mol. The van der Waals surface area contributed by atoms with E-state index in [0.717, 1.165) is 57.1 Å². The maximum Gasteiger partial charge on any atom is 0.263 e. The number of ether oxygens (including phenoxy) is 1. The second-order valence-corrected chi connectivity index (χ2v) is 6.57. The number of nitrogens with zero attached hydrogens (tertiary/aromatic N) is 2. The highest BCUT2D eigenvalue weighted by atomic mass is 32.1. The molecule has 1 spiro atoms. The summed E-state index contributed by atoms with van der Waals surface area (Å²) in [5.74, 6) is 0.189. The van der Waals surface area contributed by atoms with Gasteiger partial charge in [-0.1, -0.05) is 13.0 Å². The molecule has 4 nitrogen and oxygen atoms in total. The van der Waals surface area contributed by atoms with Gasteiger partial charge in [-0.05, 0) is 30.8 Å². The highest BCUT2D eigenvalue weighted by Crippen LogP contribution is 2.32. The smallest absolute Gasteiger partial charge is 0.263 e. The summed E-state index contributed by atoms with van der Waals surface area (Å²) in [6, 6.07) is 3.86. The van der Waals surface area contributed by atoms with Crippen molar-refractivity contribution in [3.05, 3.63) is 22.4 Å². The minimum Gasteiger partial charge on any atom is -0.378 e. The van der Waals surface area contributed by atoms with E-state index < -0.39 is 0 Å². The maximum absolute atomic E-state index is 12.4. The number of carbonyl (C=O) groups is 1. The zero-order chi connectivity index (χ0) is 14.0. The molecule has 5 heteroatoms. The van der Waals surface area contributed by atoms with Gasteiger partial charge in [0.2, 0.25) is 0 Å². The minimum absolute atomic E-state index is 0.166. The molecule has 0 saturated carbocycles. The first-order chi connectivity index (χ1) is 9.75. The topological polar surface area (TPSA) is 32.8 Å². The van der Waals surface area contributed by atoms with Crippen molar-refractivity contribution in [3.8, 4) is 0 Å². The van der Waals surface area contributed by atoms with E-state index >= 15 is 0 Å². The summed E-state index contributed by atoms with van der Waals surface area (Å²) in [4.78, 5) is 17.8. The lowest BCUT2D eigenvalue weighted by Crippen LogP contribution is -2.61. The third-order valence-corrected chi connectivity index (χ3v) is 5.50. The number of likely N-dealkylation sites (N-methyl/N-ethyl adjacent to an activating group) is 1. The van der Waals surface area contributed by atoms with Crippen LogP contribution in [0.15, 0.2) is 17.5 Å². The fourth-order valence-corrected chi connectivity index (χ4v) is 4.09. The van der Waals surface area contributed by atoms with Crippen molar-refractivity contribution >= 4 is 17.2 Å². The fraction of sp³-hybridized carbons (Fsp3) is 0.667. The zero-order valence-corrected chi connectivity index (χ0v) is 12.8.